The van der Waals surface area contributed by atoms with Crippen molar-refractivity contribution in [2.45, 2.75) is 13.8 Å². The number of hydrogen-bond acceptors (Lipinski definition) is 4. The number of nitrogens with one attached hydrogen (secondary N) is 1. The molecule has 0 heterocycles. The molecule has 108 valence electrons. The van der Waals surface area contributed by atoms with E-state index in [9.17, 15) is 14.9 Å². The monoisotopic (exact) mass is 286 g/mol. The van der Waals surface area contributed by atoms with Crippen molar-refractivity contribution in [1.29, 1.82) is 0 Å². The van der Waals surface area contributed by atoms with Gasteiger partial charge in [0, 0.05) is 17.3 Å². The van der Waals surface area contributed by atoms with Crippen LogP contribution in [-0.4, -0.2) is 11.0 Å². The summed E-state index contributed by atoms with van der Waals surface area (Å²) in [5, 5.41) is 13.2. The Labute approximate surface area is 121 Å². The summed E-state index contributed by atoms with van der Waals surface area (Å²) < 4.78 is 5.11. The minimum absolute atomic E-state index is 0.00690. The summed E-state index contributed by atoms with van der Waals surface area (Å²) in [4.78, 5) is 22.0. The first-order valence-electron chi connectivity index (χ1n) is 6.26. The maximum absolute atomic E-state index is 11.7. The van der Waals surface area contributed by atoms with E-state index in [2.05, 4.69) is 5.32 Å². The molecule has 1 amide bonds. The SMILES string of the molecule is Cc1ccc(OC(=O)Nc2ccc([N+](=O)[O-])c(C)c2)cc1. The number of nitrogens with zero attached hydrogens (tertiary/aromatic N) is 1. The molecule has 21 heavy (non-hydrogen) atoms. The summed E-state index contributed by atoms with van der Waals surface area (Å²) in [6, 6.07) is 11.4. The minimum Gasteiger partial charge on any atom is -0.410 e. The molecular formula is C15H14N2O4. The molecule has 2 aromatic rings. The normalized spacial score (nSPS) is 10.0. The molecule has 1 N–H and O–H groups in total. The van der Waals surface area contributed by atoms with Gasteiger partial charge >= 0.3 is 6.09 Å². The van der Waals surface area contributed by atoms with Crippen LogP contribution < -0.4 is 10.1 Å². The maximum Gasteiger partial charge on any atom is 0.417 e. The molecule has 0 spiro atoms. The molecule has 0 saturated heterocycles. The third-order valence-corrected chi connectivity index (χ3v) is 2.87. The summed E-state index contributed by atoms with van der Waals surface area (Å²) >= 11 is 0. The van der Waals surface area contributed by atoms with Crippen molar-refractivity contribution in [1.82, 2.24) is 0 Å². The number of amides is 1. The second kappa shape index (κ2) is 6.04. The average molecular weight is 286 g/mol. The molecule has 0 aliphatic heterocycles. The van der Waals surface area contributed by atoms with Crippen molar-refractivity contribution in [2.75, 3.05) is 5.32 Å². The molecule has 0 aromatic heterocycles. The van der Waals surface area contributed by atoms with Gasteiger partial charge in [-0.15, -0.1) is 0 Å². The number of ether oxygens (including phenoxy) is 1. The van der Waals surface area contributed by atoms with E-state index < -0.39 is 11.0 Å². The zero-order valence-electron chi connectivity index (χ0n) is 11.6. The van der Waals surface area contributed by atoms with Gasteiger partial charge in [-0.1, -0.05) is 17.7 Å². The molecule has 0 saturated carbocycles. The van der Waals surface area contributed by atoms with Gasteiger partial charge < -0.3 is 4.74 Å². The van der Waals surface area contributed by atoms with Gasteiger partial charge in [0.1, 0.15) is 5.75 Å². The van der Waals surface area contributed by atoms with Gasteiger partial charge in [-0.2, -0.15) is 0 Å². The number of hydrogen-bond donors (Lipinski definition) is 1. The second-order valence-electron chi connectivity index (χ2n) is 4.59. The largest absolute Gasteiger partial charge is 0.417 e. The lowest BCUT2D eigenvalue weighted by Crippen LogP contribution is -2.16. The summed E-state index contributed by atoms with van der Waals surface area (Å²) in [5.74, 6) is 0.428. The van der Waals surface area contributed by atoms with E-state index in [1.54, 1.807) is 19.1 Å². The van der Waals surface area contributed by atoms with Crippen LogP contribution in [0.25, 0.3) is 0 Å². The Morgan fingerprint density at radius 1 is 1.14 bits per heavy atom. The van der Waals surface area contributed by atoms with E-state index in [-0.39, 0.29) is 5.69 Å². The van der Waals surface area contributed by atoms with Crippen LogP contribution in [-0.2, 0) is 0 Å². The van der Waals surface area contributed by atoms with Gasteiger partial charge in [0.05, 0.1) is 4.92 Å². The Hall–Kier alpha value is -2.89. The zero-order chi connectivity index (χ0) is 15.4. The van der Waals surface area contributed by atoms with E-state index in [0.717, 1.165) is 5.56 Å². The quantitative estimate of drug-likeness (QED) is 0.686. The highest BCUT2D eigenvalue weighted by Crippen LogP contribution is 2.22. The lowest BCUT2D eigenvalue weighted by Gasteiger charge is -2.07. The number of nitro groups is 1. The summed E-state index contributed by atoms with van der Waals surface area (Å²) in [7, 11) is 0. The molecule has 2 aromatic carbocycles. The second-order valence-corrected chi connectivity index (χ2v) is 4.59. The van der Waals surface area contributed by atoms with Crippen LogP contribution in [0.15, 0.2) is 42.5 Å². The predicted molar refractivity (Wildman–Crippen MR) is 78.7 cm³/mol. The third-order valence-electron chi connectivity index (χ3n) is 2.87. The van der Waals surface area contributed by atoms with E-state index in [1.807, 2.05) is 19.1 Å². The van der Waals surface area contributed by atoms with Crippen molar-refractivity contribution in [3.8, 4) is 5.75 Å². The van der Waals surface area contributed by atoms with Crippen LogP contribution in [0.2, 0.25) is 0 Å². The van der Waals surface area contributed by atoms with Crippen LogP contribution in [0, 0.1) is 24.0 Å². The van der Waals surface area contributed by atoms with Gasteiger partial charge in [-0.25, -0.2) is 4.79 Å². The van der Waals surface area contributed by atoms with Gasteiger partial charge in [0.25, 0.3) is 5.69 Å². The van der Waals surface area contributed by atoms with E-state index in [4.69, 9.17) is 4.74 Å². The standard InChI is InChI=1S/C15H14N2O4/c1-10-3-6-13(7-4-10)21-15(18)16-12-5-8-14(17(19)20)11(2)9-12/h3-9H,1-2H3,(H,16,18). The predicted octanol–water partition coefficient (Wildman–Crippen LogP) is 3.82. The van der Waals surface area contributed by atoms with Gasteiger partial charge in [-0.3, -0.25) is 15.4 Å². The highest BCUT2D eigenvalue weighted by Gasteiger charge is 2.12. The lowest BCUT2D eigenvalue weighted by molar-refractivity contribution is -0.385. The van der Waals surface area contributed by atoms with E-state index in [0.29, 0.717) is 17.0 Å². The molecule has 0 fully saturated rings. The van der Waals surface area contributed by atoms with Crippen molar-refractivity contribution in [3.63, 3.8) is 0 Å². The van der Waals surface area contributed by atoms with E-state index in [1.165, 1.54) is 18.2 Å². The van der Waals surface area contributed by atoms with Crippen LogP contribution in [0.3, 0.4) is 0 Å². The third kappa shape index (κ3) is 3.79. The number of nitro benzene ring substituents is 1. The van der Waals surface area contributed by atoms with Gasteiger partial charge in [0.2, 0.25) is 0 Å². The lowest BCUT2D eigenvalue weighted by atomic mass is 10.2. The molecule has 0 radical (unpaired) electrons. The Balaban J connectivity index is 2.04. The summed E-state index contributed by atoms with van der Waals surface area (Å²) in [6.45, 7) is 3.54. The molecule has 0 aliphatic carbocycles. The first-order chi connectivity index (χ1) is 9.95. The first-order valence-corrected chi connectivity index (χ1v) is 6.26. The van der Waals surface area contributed by atoms with Crippen molar-refractivity contribution in [3.05, 3.63) is 63.7 Å². The van der Waals surface area contributed by atoms with Crippen molar-refractivity contribution >= 4 is 17.5 Å². The fraction of sp³-hybridized carbons (Fsp3) is 0.133. The van der Waals surface area contributed by atoms with E-state index >= 15 is 0 Å². The molecule has 0 unspecified atom stereocenters. The summed E-state index contributed by atoms with van der Waals surface area (Å²) in [6.07, 6.45) is -0.646. The molecule has 6 heteroatoms. The van der Waals surface area contributed by atoms with Crippen LogP contribution in [0.4, 0.5) is 16.2 Å². The highest BCUT2D eigenvalue weighted by molar-refractivity contribution is 5.86. The Kier molecular flexibility index (Phi) is 4.18. The van der Waals surface area contributed by atoms with Gasteiger partial charge in [-0.05, 0) is 38.1 Å². The highest BCUT2D eigenvalue weighted by atomic mass is 16.6. The molecule has 0 atom stereocenters. The smallest absolute Gasteiger partial charge is 0.410 e. The number of benzene rings is 2. The van der Waals surface area contributed by atoms with Gasteiger partial charge in [0.15, 0.2) is 0 Å². The number of carbonyl (C=O) groups is 1. The number of rotatable bonds is 3. The fourth-order valence-corrected chi connectivity index (χ4v) is 1.79. The topological polar surface area (TPSA) is 81.5 Å². The Morgan fingerprint density at radius 2 is 1.81 bits per heavy atom. The minimum atomic E-state index is -0.646. The number of carbonyl (C=O) groups excluding carboxylic acids is 1. The molecular weight excluding hydrogens is 272 g/mol. The number of aryl methyl sites for hydroxylation is 2. The summed E-state index contributed by atoms with van der Waals surface area (Å²) in [5.41, 5.74) is 1.98. The maximum atomic E-state index is 11.7. The first kappa shape index (κ1) is 14.5. The molecule has 0 bridgehead atoms. The van der Waals surface area contributed by atoms with Crippen molar-refractivity contribution in [2.24, 2.45) is 0 Å². The molecule has 2 rings (SSSR count). The Bertz CT molecular complexity index is 681. The zero-order valence-corrected chi connectivity index (χ0v) is 11.6. The molecule has 0 aliphatic rings. The molecule has 6 nitrogen and oxygen atoms in total. The van der Waals surface area contributed by atoms with Crippen LogP contribution in [0.1, 0.15) is 11.1 Å². The fourth-order valence-electron chi connectivity index (χ4n) is 1.79. The van der Waals surface area contributed by atoms with Crippen LogP contribution >= 0.6 is 0 Å². The van der Waals surface area contributed by atoms with Crippen molar-refractivity contribution < 1.29 is 14.5 Å². The Morgan fingerprint density at radius 3 is 2.38 bits per heavy atom. The van der Waals surface area contributed by atoms with Crippen LogP contribution in [0.5, 0.6) is 5.75 Å². The average Bonchev–Trinajstić information content (AvgIpc) is 2.41. The number of anilines is 1.